The molecule has 0 N–H and O–H groups in total. The second kappa shape index (κ2) is 5.39. The first-order valence-electron chi connectivity index (χ1n) is 4.29. The van der Waals surface area contributed by atoms with Crippen LogP contribution in [-0.2, 0) is 0 Å². The summed E-state index contributed by atoms with van der Waals surface area (Å²) in [6, 6.07) is 7.86. The van der Waals surface area contributed by atoms with Gasteiger partial charge in [0.25, 0.3) is 0 Å². The van der Waals surface area contributed by atoms with Crippen molar-refractivity contribution >= 4 is 22.6 Å². The van der Waals surface area contributed by atoms with Crippen LogP contribution in [0, 0.1) is 20.8 Å². The lowest BCUT2D eigenvalue weighted by Gasteiger charge is -2.14. The Morgan fingerprint density at radius 2 is 2.00 bits per heavy atom. The Hall–Kier alpha value is -0.970. The van der Waals surface area contributed by atoms with Crippen LogP contribution in [0.1, 0.15) is 0 Å². The minimum atomic E-state index is -4.55. The van der Waals surface area contributed by atoms with Crippen LogP contribution in [-0.4, -0.2) is 12.8 Å². The van der Waals surface area contributed by atoms with Crippen molar-refractivity contribution in [1.82, 2.24) is 0 Å². The van der Waals surface area contributed by atoms with Gasteiger partial charge in [-0.25, -0.2) is 0 Å². The van der Waals surface area contributed by atoms with Crippen LogP contribution < -0.4 is 4.74 Å². The van der Waals surface area contributed by atoms with Crippen molar-refractivity contribution in [2.75, 3.05) is 6.61 Å². The van der Waals surface area contributed by atoms with E-state index in [1.807, 2.05) is 22.6 Å². The Balaban J connectivity index is 2.65. The van der Waals surface area contributed by atoms with E-state index in [-0.39, 0.29) is 0 Å². The summed E-state index contributed by atoms with van der Waals surface area (Å²) in [4.78, 5) is 0. The smallest absolute Gasteiger partial charge is 0.407 e. The fourth-order valence-electron chi connectivity index (χ4n) is 0.940. The number of para-hydroxylation sites is 1. The van der Waals surface area contributed by atoms with Gasteiger partial charge >= 0.3 is 6.18 Å². The Morgan fingerprint density at radius 1 is 1.38 bits per heavy atom. The van der Waals surface area contributed by atoms with Crippen molar-refractivity contribution in [3.05, 3.63) is 27.8 Å². The maximum Gasteiger partial charge on any atom is 0.407 e. The number of nitrogens with zero attached hydrogens (tertiary/aromatic N) is 1. The molecular formula is C10H7F3INO. The molecule has 0 amide bonds. The van der Waals surface area contributed by atoms with Gasteiger partial charge in [-0.3, -0.25) is 0 Å². The first kappa shape index (κ1) is 13.1. The van der Waals surface area contributed by atoms with E-state index in [1.165, 1.54) is 6.07 Å². The van der Waals surface area contributed by atoms with Gasteiger partial charge in [-0.1, -0.05) is 12.1 Å². The summed E-state index contributed by atoms with van der Waals surface area (Å²) in [6.45, 7) is -0.681. The number of hydrogen-bond acceptors (Lipinski definition) is 2. The maximum absolute atomic E-state index is 12.2. The number of halogens is 4. The molecule has 1 aromatic carbocycles. The first-order chi connectivity index (χ1) is 7.45. The molecule has 0 aliphatic rings. The fourth-order valence-corrected chi connectivity index (χ4v) is 1.48. The number of benzene rings is 1. The van der Waals surface area contributed by atoms with Crippen LogP contribution in [0.2, 0.25) is 0 Å². The van der Waals surface area contributed by atoms with E-state index >= 15 is 0 Å². The van der Waals surface area contributed by atoms with Gasteiger partial charge < -0.3 is 4.74 Å². The van der Waals surface area contributed by atoms with Gasteiger partial charge in [0, 0.05) is 0 Å². The molecule has 1 rings (SSSR count). The average Bonchev–Trinajstić information content (AvgIpc) is 2.19. The van der Waals surface area contributed by atoms with Gasteiger partial charge in [0.15, 0.2) is 5.92 Å². The molecule has 1 aromatic rings. The van der Waals surface area contributed by atoms with Crippen LogP contribution in [0.3, 0.4) is 0 Å². The zero-order chi connectivity index (χ0) is 12.2. The lowest BCUT2D eigenvalue weighted by atomic mass is 10.2. The summed E-state index contributed by atoms with van der Waals surface area (Å²) in [5.74, 6) is -1.74. The van der Waals surface area contributed by atoms with Crippen molar-refractivity contribution in [3.63, 3.8) is 0 Å². The van der Waals surface area contributed by atoms with Gasteiger partial charge in [0.2, 0.25) is 0 Å². The van der Waals surface area contributed by atoms with E-state index in [9.17, 15) is 13.2 Å². The first-order valence-corrected chi connectivity index (χ1v) is 5.36. The molecule has 0 saturated carbocycles. The highest BCUT2D eigenvalue weighted by molar-refractivity contribution is 14.1. The minimum Gasteiger partial charge on any atom is -0.491 e. The van der Waals surface area contributed by atoms with Crippen molar-refractivity contribution in [2.45, 2.75) is 6.18 Å². The number of ether oxygens (including phenoxy) is 1. The zero-order valence-electron chi connectivity index (χ0n) is 7.96. The molecule has 0 radical (unpaired) electrons. The molecule has 1 atom stereocenters. The Labute approximate surface area is 104 Å². The predicted octanol–water partition coefficient (Wildman–Crippen LogP) is 3.37. The summed E-state index contributed by atoms with van der Waals surface area (Å²) in [6.07, 6.45) is -4.55. The average molecular weight is 341 g/mol. The Kier molecular flexibility index (Phi) is 4.41. The third kappa shape index (κ3) is 3.56. The molecule has 0 heterocycles. The summed E-state index contributed by atoms with van der Waals surface area (Å²) >= 11 is 1.95. The van der Waals surface area contributed by atoms with E-state index in [2.05, 4.69) is 0 Å². The molecular weight excluding hydrogens is 334 g/mol. The normalized spacial score (nSPS) is 12.9. The third-order valence-electron chi connectivity index (χ3n) is 1.79. The van der Waals surface area contributed by atoms with Gasteiger partial charge in [-0.2, -0.15) is 18.4 Å². The Bertz CT molecular complexity index is 400. The highest BCUT2D eigenvalue weighted by atomic mass is 127. The topological polar surface area (TPSA) is 33.0 Å². The van der Waals surface area contributed by atoms with E-state index in [4.69, 9.17) is 10.00 Å². The molecule has 0 bridgehead atoms. The molecule has 2 nitrogen and oxygen atoms in total. The largest absolute Gasteiger partial charge is 0.491 e. The molecule has 1 unspecified atom stereocenters. The number of nitriles is 1. The Morgan fingerprint density at radius 3 is 2.50 bits per heavy atom. The zero-order valence-corrected chi connectivity index (χ0v) is 10.1. The van der Waals surface area contributed by atoms with E-state index < -0.39 is 18.7 Å². The number of hydrogen-bond donors (Lipinski definition) is 0. The second-order valence-corrected chi connectivity index (χ2v) is 4.13. The van der Waals surface area contributed by atoms with Gasteiger partial charge in [0.05, 0.1) is 9.64 Å². The molecule has 16 heavy (non-hydrogen) atoms. The molecule has 0 fully saturated rings. The van der Waals surface area contributed by atoms with Crippen molar-refractivity contribution in [1.29, 1.82) is 5.26 Å². The monoisotopic (exact) mass is 341 g/mol. The highest BCUT2D eigenvalue weighted by Gasteiger charge is 2.40. The molecule has 0 saturated heterocycles. The predicted molar refractivity (Wildman–Crippen MR) is 59.8 cm³/mol. The van der Waals surface area contributed by atoms with E-state index in [1.54, 1.807) is 24.3 Å². The van der Waals surface area contributed by atoms with Gasteiger partial charge in [-0.15, -0.1) is 0 Å². The molecule has 0 aliphatic heterocycles. The van der Waals surface area contributed by atoms with Crippen molar-refractivity contribution in [3.8, 4) is 11.8 Å². The molecule has 0 aromatic heterocycles. The lowest BCUT2D eigenvalue weighted by molar-refractivity contribution is -0.165. The fraction of sp³-hybridized carbons (Fsp3) is 0.300. The van der Waals surface area contributed by atoms with E-state index in [0.717, 1.165) is 0 Å². The van der Waals surface area contributed by atoms with Crippen molar-refractivity contribution < 1.29 is 17.9 Å². The third-order valence-corrected chi connectivity index (χ3v) is 2.68. The van der Waals surface area contributed by atoms with Crippen LogP contribution >= 0.6 is 22.6 Å². The lowest BCUT2D eigenvalue weighted by Crippen LogP contribution is -2.27. The standard InChI is InChI=1S/C10H7F3INO/c11-10(12,13)7(5-15)6-16-9-4-2-1-3-8(9)14/h1-4,7H,6H2. The molecule has 0 spiro atoms. The summed E-state index contributed by atoms with van der Waals surface area (Å²) in [5, 5.41) is 8.36. The van der Waals surface area contributed by atoms with Gasteiger partial charge in [0.1, 0.15) is 12.4 Å². The van der Waals surface area contributed by atoms with Crippen molar-refractivity contribution in [2.24, 2.45) is 5.92 Å². The van der Waals surface area contributed by atoms with Crippen LogP contribution in [0.15, 0.2) is 24.3 Å². The van der Waals surface area contributed by atoms with E-state index in [0.29, 0.717) is 9.32 Å². The second-order valence-electron chi connectivity index (χ2n) is 2.96. The quantitative estimate of drug-likeness (QED) is 0.790. The minimum absolute atomic E-state index is 0.354. The van der Waals surface area contributed by atoms with Crippen LogP contribution in [0.4, 0.5) is 13.2 Å². The summed E-state index contributed by atoms with van der Waals surface area (Å²) in [7, 11) is 0. The molecule has 0 aliphatic carbocycles. The van der Waals surface area contributed by atoms with Crippen LogP contribution in [0.25, 0.3) is 0 Å². The number of rotatable bonds is 3. The SMILES string of the molecule is N#CC(COc1ccccc1I)C(F)(F)F. The van der Waals surface area contributed by atoms with Crippen LogP contribution in [0.5, 0.6) is 5.75 Å². The highest BCUT2D eigenvalue weighted by Crippen LogP contribution is 2.27. The summed E-state index contributed by atoms with van der Waals surface area (Å²) in [5.41, 5.74) is 0. The summed E-state index contributed by atoms with van der Waals surface area (Å²) < 4.78 is 42.3. The molecule has 86 valence electrons. The molecule has 6 heteroatoms. The van der Waals surface area contributed by atoms with Gasteiger partial charge in [-0.05, 0) is 34.7 Å². The number of alkyl halides is 3. The maximum atomic E-state index is 12.2.